The van der Waals surface area contributed by atoms with E-state index in [-0.39, 0.29) is 23.6 Å². The Kier molecular flexibility index (Phi) is 9.10. The first-order valence-electron chi connectivity index (χ1n) is 9.08. The third-order valence-electron chi connectivity index (χ3n) is 3.71. The van der Waals surface area contributed by atoms with Gasteiger partial charge in [-0.15, -0.1) is 0 Å². The van der Waals surface area contributed by atoms with Crippen molar-refractivity contribution in [3.63, 3.8) is 0 Å². The lowest BCUT2D eigenvalue weighted by Crippen LogP contribution is -2.36. The second-order valence-electron chi connectivity index (χ2n) is 6.05. The summed E-state index contributed by atoms with van der Waals surface area (Å²) in [6.07, 6.45) is 1.81. The van der Waals surface area contributed by atoms with Crippen LogP contribution in [0.3, 0.4) is 0 Å². The van der Waals surface area contributed by atoms with E-state index in [4.69, 9.17) is 21.7 Å². The van der Waals surface area contributed by atoms with E-state index in [1.54, 1.807) is 24.3 Å². The highest BCUT2D eigenvalue weighted by molar-refractivity contribution is 7.80. The summed E-state index contributed by atoms with van der Waals surface area (Å²) >= 11 is 5.12. The van der Waals surface area contributed by atoms with Gasteiger partial charge >= 0.3 is 5.97 Å². The average Bonchev–Trinajstić information content (AvgIpc) is 2.69. The first-order valence-corrected chi connectivity index (χ1v) is 9.49. The first kappa shape index (κ1) is 21.5. The van der Waals surface area contributed by atoms with Gasteiger partial charge in [0.2, 0.25) is 0 Å². The number of thiocarbonyl (C=S) groups is 1. The van der Waals surface area contributed by atoms with Gasteiger partial charge in [-0.25, -0.2) is 4.79 Å². The second kappa shape index (κ2) is 11.8. The van der Waals surface area contributed by atoms with Crippen molar-refractivity contribution in [1.29, 1.82) is 0 Å². The molecule has 148 valence electrons. The van der Waals surface area contributed by atoms with Crippen LogP contribution in [0.15, 0.2) is 54.6 Å². The summed E-state index contributed by atoms with van der Waals surface area (Å²) in [6, 6.07) is 16.3. The van der Waals surface area contributed by atoms with Gasteiger partial charge in [0.1, 0.15) is 6.61 Å². The number of anilines is 1. The fourth-order valence-corrected chi connectivity index (χ4v) is 2.47. The molecular weight excluding hydrogens is 376 g/mol. The highest BCUT2D eigenvalue weighted by atomic mass is 32.1. The quantitative estimate of drug-likeness (QED) is 0.380. The molecule has 6 nitrogen and oxygen atoms in total. The summed E-state index contributed by atoms with van der Waals surface area (Å²) in [7, 11) is 0. The third-order valence-corrected chi connectivity index (χ3v) is 3.91. The van der Waals surface area contributed by atoms with Crippen molar-refractivity contribution >= 4 is 34.9 Å². The van der Waals surface area contributed by atoms with Crippen LogP contribution in [0.4, 0.5) is 5.69 Å². The molecule has 0 saturated heterocycles. The van der Waals surface area contributed by atoms with E-state index in [9.17, 15) is 9.59 Å². The Morgan fingerprint density at radius 1 is 1.04 bits per heavy atom. The summed E-state index contributed by atoms with van der Waals surface area (Å²) in [5.41, 5.74) is 2.11. The molecule has 0 spiro atoms. The molecule has 0 unspecified atom stereocenters. The Hall–Kier alpha value is -2.77. The molecule has 2 N–H and O–H groups in total. The van der Waals surface area contributed by atoms with E-state index in [2.05, 4.69) is 10.6 Å². The number of nitrogens with one attached hydrogen (secondary N) is 2. The van der Waals surface area contributed by atoms with Gasteiger partial charge in [-0.05, 0) is 48.5 Å². The average molecular weight is 401 g/mol. The van der Waals surface area contributed by atoms with Gasteiger partial charge < -0.3 is 20.1 Å². The van der Waals surface area contributed by atoms with Gasteiger partial charge in [-0.1, -0.05) is 43.7 Å². The van der Waals surface area contributed by atoms with Gasteiger partial charge in [0.05, 0.1) is 18.8 Å². The molecule has 2 aromatic rings. The monoisotopic (exact) mass is 400 g/mol. The van der Waals surface area contributed by atoms with Crippen molar-refractivity contribution in [3.8, 4) is 0 Å². The lowest BCUT2D eigenvalue weighted by atomic mass is 10.2. The molecule has 0 fully saturated rings. The normalized spacial score (nSPS) is 10.2. The van der Waals surface area contributed by atoms with Crippen molar-refractivity contribution in [3.05, 3.63) is 65.7 Å². The fraction of sp³-hybridized carbons (Fsp3) is 0.286. The van der Waals surface area contributed by atoms with Crippen molar-refractivity contribution in [2.75, 3.05) is 18.5 Å². The summed E-state index contributed by atoms with van der Waals surface area (Å²) in [6.45, 7) is 2.70. The molecule has 0 aliphatic rings. The van der Waals surface area contributed by atoms with Gasteiger partial charge in [0, 0.05) is 5.69 Å². The van der Waals surface area contributed by atoms with Crippen LogP contribution < -0.4 is 10.6 Å². The molecule has 0 bridgehead atoms. The van der Waals surface area contributed by atoms with Crippen molar-refractivity contribution in [2.24, 2.45) is 0 Å². The maximum absolute atomic E-state index is 11.9. The van der Waals surface area contributed by atoms with E-state index in [0.717, 1.165) is 18.4 Å². The first-order chi connectivity index (χ1) is 13.6. The highest BCUT2D eigenvalue weighted by Gasteiger charge is 2.08. The minimum absolute atomic E-state index is 0.0980. The summed E-state index contributed by atoms with van der Waals surface area (Å²) in [5.74, 6) is -0.698. The number of hydrogen-bond acceptors (Lipinski definition) is 5. The molecule has 0 radical (unpaired) electrons. The summed E-state index contributed by atoms with van der Waals surface area (Å²) < 4.78 is 10.5. The minimum Gasteiger partial charge on any atom is -0.462 e. The molecule has 0 atom stereocenters. The van der Waals surface area contributed by atoms with Gasteiger partial charge in [-0.2, -0.15) is 0 Å². The van der Waals surface area contributed by atoms with Crippen LogP contribution in [0.1, 0.15) is 35.7 Å². The van der Waals surface area contributed by atoms with E-state index >= 15 is 0 Å². The molecule has 28 heavy (non-hydrogen) atoms. The smallest absolute Gasteiger partial charge is 0.338 e. The predicted molar refractivity (Wildman–Crippen MR) is 112 cm³/mol. The van der Waals surface area contributed by atoms with Crippen LogP contribution in [-0.2, 0) is 20.9 Å². The molecule has 0 aliphatic carbocycles. The van der Waals surface area contributed by atoms with Crippen LogP contribution in [0.25, 0.3) is 0 Å². The van der Waals surface area contributed by atoms with Gasteiger partial charge in [0.25, 0.3) is 5.91 Å². The number of benzene rings is 2. The summed E-state index contributed by atoms with van der Waals surface area (Å²) in [4.78, 5) is 23.7. The third kappa shape index (κ3) is 7.85. The number of unbranched alkanes of at least 4 members (excludes halogenated alkanes) is 1. The van der Waals surface area contributed by atoms with E-state index < -0.39 is 0 Å². The Labute approximate surface area is 170 Å². The Balaban J connectivity index is 1.71. The lowest BCUT2D eigenvalue weighted by Gasteiger charge is -2.10. The zero-order valence-electron chi connectivity index (χ0n) is 15.8. The molecule has 0 heterocycles. The van der Waals surface area contributed by atoms with Crippen molar-refractivity contribution < 1.29 is 19.1 Å². The lowest BCUT2D eigenvalue weighted by molar-refractivity contribution is -0.124. The van der Waals surface area contributed by atoms with E-state index in [1.165, 1.54) is 0 Å². The van der Waals surface area contributed by atoms with Crippen molar-refractivity contribution in [1.82, 2.24) is 5.32 Å². The fourth-order valence-electron chi connectivity index (χ4n) is 2.24. The van der Waals surface area contributed by atoms with Crippen molar-refractivity contribution in [2.45, 2.75) is 26.4 Å². The molecule has 7 heteroatoms. The predicted octanol–water partition coefficient (Wildman–Crippen LogP) is 3.67. The zero-order chi connectivity index (χ0) is 20.2. The maximum atomic E-state index is 11.9. The number of ether oxygens (including phenoxy) is 2. The van der Waals surface area contributed by atoms with Crippen LogP contribution in [0.2, 0.25) is 0 Å². The topological polar surface area (TPSA) is 76.7 Å². The number of carbonyl (C=O) groups excluding carboxylic acids is 2. The number of hydrogen-bond donors (Lipinski definition) is 2. The molecule has 2 aromatic carbocycles. The molecule has 0 saturated carbocycles. The molecule has 2 rings (SSSR count). The highest BCUT2D eigenvalue weighted by Crippen LogP contribution is 2.11. The molecule has 0 aromatic heterocycles. The Morgan fingerprint density at radius 2 is 1.75 bits per heavy atom. The number of rotatable bonds is 9. The SMILES string of the molecule is CCCCOC(=O)c1ccc(NC(=S)NC(=O)COCc2ccccc2)cc1. The van der Waals surface area contributed by atoms with Crippen LogP contribution in [-0.4, -0.2) is 30.2 Å². The van der Waals surface area contributed by atoms with Crippen LogP contribution >= 0.6 is 12.2 Å². The van der Waals surface area contributed by atoms with Gasteiger partial charge in [0.15, 0.2) is 5.11 Å². The van der Waals surface area contributed by atoms with Gasteiger partial charge in [-0.3, -0.25) is 4.79 Å². The minimum atomic E-state index is -0.355. The maximum Gasteiger partial charge on any atom is 0.338 e. The van der Waals surface area contributed by atoms with E-state index in [1.807, 2.05) is 37.3 Å². The molecule has 1 amide bonds. The second-order valence-corrected chi connectivity index (χ2v) is 6.46. The number of esters is 1. The molecular formula is C21H24N2O4S. The number of carbonyl (C=O) groups is 2. The number of amides is 1. The Morgan fingerprint density at radius 3 is 2.43 bits per heavy atom. The van der Waals surface area contributed by atoms with E-state index in [0.29, 0.717) is 24.5 Å². The zero-order valence-corrected chi connectivity index (χ0v) is 16.6. The van der Waals surface area contributed by atoms with Crippen LogP contribution in [0, 0.1) is 0 Å². The van der Waals surface area contributed by atoms with Crippen LogP contribution in [0.5, 0.6) is 0 Å². The standard InChI is InChI=1S/C21H24N2O4S/c1-2-3-13-27-20(25)17-9-11-18(12-10-17)22-21(28)23-19(24)15-26-14-16-7-5-4-6-8-16/h4-12H,2-3,13-15H2,1H3,(H2,22,23,24,28). The largest absolute Gasteiger partial charge is 0.462 e. The molecule has 0 aliphatic heterocycles. The summed E-state index contributed by atoms with van der Waals surface area (Å²) in [5, 5.41) is 5.60. The Bertz CT molecular complexity index is 779.